The molecule has 9 aromatic carbocycles. The van der Waals surface area contributed by atoms with Crippen molar-refractivity contribution in [1.82, 2.24) is 14.1 Å². The number of ether oxygens (including phenoxy) is 1. The van der Waals surface area contributed by atoms with Gasteiger partial charge in [-0.05, 0) is 179 Å². The maximum absolute atomic E-state index is 10.2. The normalized spacial score (nSPS) is 15.4. The van der Waals surface area contributed by atoms with Gasteiger partial charge in [-0.1, -0.05) is 210 Å². The van der Waals surface area contributed by atoms with Crippen molar-refractivity contribution >= 4 is 32.8 Å². The molecule has 4 heterocycles. The number of rotatable bonds is 6. The highest BCUT2D eigenvalue weighted by Gasteiger charge is 2.31. The Morgan fingerprint density at radius 1 is 0.470 bits per heavy atom. The van der Waals surface area contributed by atoms with Crippen LogP contribution in [0.4, 0.5) is 0 Å². The third-order valence-electron chi connectivity index (χ3n) is 16.2. The van der Waals surface area contributed by atoms with Gasteiger partial charge in [0, 0.05) is 31.3 Å². The van der Waals surface area contributed by atoms with Crippen LogP contribution in [0.3, 0.4) is 0 Å². The molecule has 0 amide bonds. The van der Waals surface area contributed by atoms with Gasteiger partial charge in [0.25, 0.3) is 6.33 Å². The van der Waals surface area contributed by atoms with Crippen molar-refractivity contribution in [3.05, 3.63) is 234 Å². The van der Waals surface area contributed by atoms with Crippen LogP contribution in [0.5, 0.6) is 11.5 Å². The number of aromatic nitrogens is 4. The molecule has 83 heavy (non-hydrogen) atoms. The molecule has 13 rings (SSSR count). The molecular formula is C78H74N4O. The second-order valence-electron chi connectivity index (χ2n) is 26.1. The second kappa shape index (κ2) is 19.4. The molecule has 0 saturated heterocycles. The monoisotopic (exact) mass is 1100 g/mol. The largest absolute Gasteiger partial charge is 0.458 e. The van der Waals surface area contributed by atoms with E-state index < -0.39 is 78.3 Å². The molecule has 0 radical (unpaired) electrons. The summed E-state index contributed by atoms with van der Waals surface area (Å²) >= 11 is 0. The SMILES string of the molecule is [2H]c1c([2H])c([2H])c2c(c1[2H])-c1cc(C(C)(C)C)cc(-c3cc(C(C)(C)C)cc(C(C)(C)C)c3)c1-[n+]1[c-]n(-c3cccc(Oc4ccc5c6ccccc6n(-c6cc(C(C)(C)C)ccn6)c5c4)c3)c3cc(-c4c(C([2H])([2H])[2H])cccc4C([2H])([2H])[2H])cc(c31)-c1c([2H])c([2H])c([2H])c([2H])c1-2. The smallest absolute Gasteiger partial charge is 0.269 e. The van der Waals surface area contributed by atoms with E-state index in [-0.39, 0.29) is 66.5 Å². The van der Waals surface area contributed by atoms with Gasteiger partial charge in [0.15, 0.2) is 0 Å². The Kier molecular flexibility index (Phi) is 9.26. The fourth-order valence-corrected chi connectivity index (χ4v) is 11.6. The van der Waals surface area contributed by atoms with Crippen LogP contribution in [0.15, 0.2) is 194 Å². The Balaban J connectivity index is 1.21. The first kappa shape index (κ1) is 39.6. The summed E-state index contributed by atoms with van der Waals surface area (Å²) in [5, 5.41) is 2.01. The summed E-state index contributed by atoms with van der Waals surface area (Å²) in [6.45, 7) is 19.7. The standard InChI is InChI=1S/C78H74N4O/c1-48-23-21-24-49(2)72(48)51-39-66-61-29-17-15-27-59(61)60-28-16-18-30-62(60)67-43-55(78(12,13)14)42-65(50-37-53(76(6,7)8)41-54(38-50)77(9,10)11)73(67)81-47-80(70(40-51)74(66)81)56-25-22-26-57(45-56)83-58-33-34-64-63-31-19-20-32-68(63)82(69(64)46-58)71-44-52(35-36-79-71)75(3,4)5/h15-46H,1-14H3/i1D3,2D3,15D,16D,17D,18D,27D,28D,29D,30D. The molecule has 12 aromatic rings. The zero-order chi connectivity index (χ0) is 70.0. The summed E-state index contributed by atoms with van der Waals surface area (Å²) in [5.41, 5.74) is 5.82. The lowest BCUT2D eigenvalue weighted by atomic mass is 9.77. The van der Waals surface area contributed by atoms with Crippen LogP contribution < -0.4 is 9.30 Å². The summed E-state index contributed by atoms with van der Waals surface area (Å²) in [6.07, 6.45) is 5.57. The molecule has 0 N–H and O–H groups in total. The van der Waals surface area contributed by atoms with Crippen molar-refractivity contribution in [2.24, 2.45) is 0 Å². The quantitative estimate of drug-likeness (QED) is 0.123. The Labute approximate surface area is 510 Å². The Bertz CT molecular complexity index is 5250. The number of nitrogens with zero attached hydrogens (tertiary/aromatic N) is 4. The van der Waals surface area contributed by atoms with E-state index in [2.05, 4.69) is 136 Å². The minimum atomic E-state index is -2.89. The molecule has 1 aliphatic rings. The van der Waals surface area contributed by atoms with Gasteiger partial charge in [0.05, 0.1) is 44.4 Å². The number of benzene rings is 9. The maximum Gasteiger partial charge on any atom is 0.269 e. The maximum atomic E-state index is 10.2. The zero-order valence-electron chi connectivity index (χ0n) is 63.1. The number of aryl methyl sites for hydroxylation is 2. The molecule has 0 aliphatic carbocycles. The highest BCUT2D eigenvalue weighted by atomic mass is 16.5. The van der Waals surface area contributed by atoms with Gasteiger partial charge >= 0.3 is 0 Å². The van der Waals surface area contributed by atoms with Crippen molar-refractivity contribution < 1.29 is 28.5 Å². The zero-order valence-corrected chi connectivity index (χ0v) is 49.1. The van der Waals surface area contributed by atoms with E-state index in [0.29, 0.717) is 34.0 Å². The Morgan fingerprint density at radius 2 is 1.05 bits per heavy atom. The van der Waals surface area contributed by atoms with Crippen LogP contribution in [0, 0.1) is 20.0 Å². The lowest BCUT2D eigenvalue weighted by Gasteiger charge is -2.29. The second-order valence-corrected chi connectivity index (χ2v) is 26.1. The Hall–Kier alpha value is -8.80. The first-order valence-electron chi connectivity index (χ1n) is 35.3. The lowest BCUT2D eigenvalue weighted by Crippen LogP contribution is -2.32. The van der Waals surface area contributed by atoms with Gasteiger partial charge < -0.3 is 4.74 Å². The fourth-order valence-electron chi connectivity index (χ4n) is 11.6. The van der Waals surface area contributed by atoms with E-state index >= 15 is 0 Å². The summed E-state index contributed by atoms with van der Waals surface area (Å²) in [6, 6.07) is 38.6. The molecule has 3 aromatic heterocycles. The van der Waals surface area contributed by atoms with Crippen molar-refractivity contribution in [1.29, 1.82) is 0 Å². The van der Waals surface area contributed by atoms with Crippen LogP contribution in [-0.4, -0.2) is 14.1 Å². The van der Waals surface area contributed by atoms with Crippen molar-refractivity contribution in [3.63, 3.8) is 0 Å². The van der Waals surface area contributed by atoms with Gasteiger partial charge in [-0.15, -0.1) is 0 Å². The Morgan fingerprint density at radius 3 is 1.70 bits per heavy atom. The van der Waals surface area contributed by atoms with E-state index in [1.54, 1.807) is 21.3 Å². The average molecular weight is 1100 g/mol. The topological polar surface area (TPSA) is 35.9 Å². The van der Waals surface area contributed by atoms with Crippen molar-refractivity contribution in [3.8, 4) is 84.3 Å². The van der Waals surface area contributed by atoms with E-state index in [9.17, 15) is 11.0 Å². The number of para-hydroxylation sites is 1. The van der Waals surface area contributed by atoms with Gasteiger partial charge in [-0.25, -0.2) is 4.98 Å². The summed E-state index contributed by atoms with van der Waals surface area (Å²) in [5.74, 6) is 1.62. The fraction of sp³-hybridized carbons (Fsp3) is 0.231. The molecule has 0 atom stereocenters. The predicted octanol–water partition coefficient (Wildman–Crippen LogP) is 20.4. The third-order valence-corrected chi connectivity index (χ3v) is 16.2. The minimum absolute atomic E-state index is 0.0426. The summed E-state index contributed by atoms with van der Waals surface area (Å²) in [7, 11) is 0. The molecular weight excluding hydrogens is 1010 g/mol. The molecule has 1 aliphatic heterocycles. The molecule has 5 nitrogen and oxygen atoms in total. The third kappa shape index (κ3) is 9.35. The van der Waals surface area contributed by atoms with Crippen molar-refractivity contribution in [2.45, 2.75) is 118 Å². The number of pyridine rings is 1. The van der Waals surface area contributed by atoms with Crippen LogP contribution in [0.2, 0.25) is 0 Å². The highest BCUT2D eigenvalue weighted by Crippen LogP contribution is 2.49. The van der Waals surface area contributed by atoms with E-state index in [4.69, 9.17) is 17.9 Å². The van der Waals surface area contributed by atoms with E-state index in [0.717, 1.165) is 55.4 Å². The van der Waals surface area contributed by atoms with Crippen LogP contribution in [0.25, 0.3) is 106 Å². The molecule has 0 spiro atoms. The summed E-state index contributed by atoms with van der Waals surface area (Å²) in [4.78, 5) is 4.90. The van der Waals surface area contributed by atoms with E-state index in [1.165, 1.54) is 18.2 Å². The van der Waals surface area contributed by atoms with Gasteiger partial charge in [0.1, 0.15) is 17.3 Å². The summed E-state index contributed by atoms with van der Waals surface area (Å²) < 4.78 is 145. The van der Waals surface area contributed by atoms with Gasteiger partial charge in [0.2, 0.25) is 0 Å². The van der Waals surface area contributed by atoms with Crippen LogP contribution in [-0.2, 0) is 21.7 Å². The molecule has 412 valence electrons. The first-order valence-corrected chi connectivity index (χ1v) is 28.3. The number of fused-ring (bicyclic) bond motifs is 10. The molecule has 0 unspecified atom stereocenters. The number of hydrogen-bond donors (Lipinski definition) is 0. The first-order chi connectivity index (χ1) is 45.2. The predicted molar refractivity (Wildman–Crippen MR) is 347 cm³/mol. The van der Waals surface area contributed by atoms with Gasteiger partial charge in [-0.2, -0.15) is 0 Å². The molecule has 0 saturated carbocycles. The van der Waals surface area contributed by atoms with Crippen LogP contribution in [0.1, 0.15) is 136 Å². The average Bonchev–Trinajstić information content (AvgIpc) is 1.60. The number of hydrogen-bond acceptors (Lipinski definition) is 2. The number of imidazole rings is 1. The minimum Gasteiger partial charge on any atom is -0.458 e. The van der Waals surface area contributed by atoms with Crippen LogP contribution >= 0.6 is 0 Å². The molecule has 0 bridgehead atoms. The molecule has 5 heteroatoms. The van der Waals surface area contributed by atoms with Gasteiger partial charge in [-0.3, -0.25) is 13.7 Å². The molecule has 0 fully saturated rings. The van der Waals surface area contributed by atoms with E-state index in [1.807, 2.05) is 72.9 Å². The highest BCUT2D eigenvalue weighted by molar-refractivity contribution is 6.10. The van der Waals surface area contributed by atoms with Crippen molar-refractivity contribution in [2.75, 3.05) is 0 Å². The lowest BCUT2D eigenvalue weighted by molar-refractivity contribution is -0.570.